The number of nitrogens with zero attached hydrogens (tertiary/aromatic N) is 3. The fourth-order valence-electron chi connectivity index (χ4n) is 3.53. The van der Waals surface area contributed by atoms with Crippen molar-refractivity contribution in [2.75, 3.05) is 43.5 Å². The molecule has 6 heteroatoms. The molecular weight excluding hydrogens is 364 g/mol. The third kappa shape index (κ3) is 4.32. The molecule has 0 radical (unpaired) electrons. The molecule has 1 saturated heterocycles. The van der Waals surface area contributed by atoms with Gasteiger partial charge in [-0.15, -0.1) is 0 Å². The van der Waals surface area contributed by atoms with Crippen molar-refractivity contribution in [2.24, 2.45) is 0 Å². The summed E-state index contributed by atoms with van der Waals surface area (Å²) in [6, 6.07) is 21.4. The Morgan fingerprint density at radius 1 is 0.966 bits per heavy atom. The number of methoxy groups -OCH3 is 1. The molecule has 0 atom stereocenters. The zero-order valence-corrected chi connectivity index (χ0v) is 16.4. The number of piperazine rings is 1. The van der Waals surface area contributed by atoms with Crippen LogP contribution in [-0.4, -0.2) is 49.1 Å². The van der Waals surface area contributed by atoms with Gasteiger partial charge in [0.05, 0.1) is 12.8 Å². The Balaban J connectivity index is 1.41. The van der Waals surface area contributed by atoms with Gasteiger partial charge in [-0.1, -0.05) is 30.3 Å². The molecule has 1 amide bonds. The minimum atomic E-state index is 0.0307. The van der Waals surface area contributed by atoms with Crippen molar-refractivity contribution >= 4 is 23.1 Å². The van der Waals surface area contributed by atoms with Crippen molar-refractivity contribution in [1.82, 2.24) is 9.88 Å². The lowest BCUT2D eigenvalue weighted by Gasteiger charge is -2.36. The number of pyridine rings is 1. The fourth-order valence-corrected chi connectivity index (χ4v) is 3.53. The van der Waals surface area contributed by atoms with E-state index in [1.54, 1.807) is 19.4 Å². The second-order valence-electron chi connectivity index (χ2n) is 6.87. The van der Waals surface area contributed by atoms with Crippen LogP contribution in [0.3, 0.4) is 0 Å². The van der Waals surface area contributed by atoms with E-state index in [0.29, 0.717) is 24.5 Å². The number of anilines is 3. The normalized spacial score (nSPS) is 13.8. The highest BCUT2D eigenvalue weighted by atomic mass is 16.5. The summed E-state index contributed by atoms with van der Waals surface area (Å²) >= 11 is 0. The van der Waals surface area contributed by atoms with Gasteiger partial charge in [0.2, 0.25) is 0 Å². The number of carbonyl (C=O) groups is 1. The van der Waals surface area contributed by atoms with E-state index >= 15 is 0 Å². The Labute approximate surface area is 170 Å². The number of rotatable bonds is 5. The van der Waals surface area contributed by atoms with Gasteiger partial charge in [0.25, 0.3) is 5.91 Å². The molecule has 1 aliphatic rings. The fraction of sp³-hybridized carbons (Fsp3) is 0.217. The first-order valence-electron chi connectivity index (χ1n) is 9.70. The third-order valence-electron chi connectivity index (χ3n) is 5.05. The Bertz CT molecular complexity index is 969. The Hall–Kier alpha value is -3.54. The highest BCUT2D eigenvalue weighted by Crippen LogP contribution is 2.28. The van der Waals surface area contributed by atoms with Gasteiger partial charge in [0.15, 0.2) is 0 Å². The van der Waals surface area contributed by atoms with Gasteiger partial charge in [0, 0.05) is 43.6 Å². The molecule has 148 valence electrons. The molecule has 3 aromatic rings. The lowest BCUT2D eigenvalue weighted by molar-refractivity contribution is 0.0746. The van der Waals surface area contributed by atoms with Gasteiger partial charge in [-0.3, -0.25) is 4.79 Å². The molecule has 0 aliphatic carbocycles. The van der Waals surface area contributed by atoms with Crippen molar-refractivity contribution in [2.45, 2.75) is 0 Å². The van der Waals surface area contributed by atoms with Gasteiger partial charge in [-0.2, -0.15) is 0 Å². The quantitative estimate of drug-likeness (QED) is 0.721. The number of hydrogen-bond acceptors (Lipinski definition) is 5. The summed E-state index contributed by atoms with van der Waals surface area (Å²) in [6.45, 7) is 2.87. The van der Waals surface area contributed by atoms with Crippen molar-refractivity contribution in [1.29, 1.82) is 0 Å². The Morgan fingerprint density at radius 3 is 2.45 bits per heavy atom. The maximum atomic E-state index is 13.0. The summed E-state index contributed by atoms with van der Waals surface area (Å²) < 4.78 is 5.47. The lowest BCUT2D eigenvalue weighted by atomic mass is 10.2. The second-order valence-corrected chi connectivity index (χ2v) is 6.87. The highest BCUT2D eigenvalue weighted by molar-refractivity contribution is 5.95. The average Bonchev–Trinajstić information content (AvgIpc) is 2.79. The molecule has 0 saturated carbocycles. The van der Waals surface area contributed by atoms with Crippen LogP contribution in [0.5, 0.6) is 5.75 Å². The van der Waals surface area contributed by atoms with E-state index < -0.39 is 0 Å². The van der Waals surface area contributed by atoms with Crippen LogP contribution < -0.4 is 15.0 Å². The average molecular weight is 388 g/mol. The van der Waals surface area contributed by atoms with E-state index in [1.807, 2.05) is 59.5 Å². The molecule has 0 spiro atoms. The smallest absolute Gasteiger partial charge is 0.254 e. The van der Waals surface area contributed by atoms with E-state index in [-0.39, 0.29) is 5.91 Å². The summed E-state index contributed by atoms with van der Waals surface area (Å²) in [4.78, 5) is 21.5. The van der Waals surface area contributed by atoms with Gasteiger partial charge >= 0.3 is 0 Å². The number of hydrogen-bond donors (Lipinski definition) is 1. The molecular formula is C23H24N4O2. The van der Waals surface area contributed by atoms with Crippen LogP contribution in [0.1, 0.15) is 10.4 Å². The molecule has 0 unspecified atom stereocenters. The minimum absolute atomic E-state index is 0.0307. The van der Waals surface area contributed by atoms with Gasteiger partial charge in [-0.05, 0) is 36.4 Å². The summed E-state index contributed by atoms with van der Waals surface area (Å²) in [5, 5.41) is 3.24. The van der Waals surface area contributed by atoms with Crippen molar-refractivity contribution < 1.29 is 9.53 Å². The molecule has 1 fully saturated rings. The molecule has 29 heavy (non-hydrogen) atoms. The maximum absolute atomic E-state index is 13.0. The second kappa shape index (κ2) is 8.65. The number of para-hydroxylation sites is 3. The van der Waals surface area contributed by atoms with Gasteiger partial charge < -0.3 is 19.9 Å². The predicted octanol–water partition coefficient (Wildman–Crippen LogP) is 3.80. The zero-order chi connectivity index (χ0) is 20.1. The standard InChI is InChI=1S/C23H24N4O2/c1-29-21-10-6-5-9-20(21)26-13-15-27(16-14-26)23(28)18-11-12-24-22(17-18)25-19-7-3-2-4-8-19/h2-12,17H,13-16H2,1H3,(H,24,25). The molecule has 1 aromatic heterocycles. The first-order chi connectivity index (χ1) is 14.2. The molecule has 4 rings (SSSR count). The predicted molar refractivity (Wildman–Crippen MR) is 115 cm³/mol. The SMILES string of the molecule is COc1ccccc1N1CCN(C(=O)c2ccnc(Nc3ccccc3)c2)CC1. The summed E-state index contributed by atoms with van der Waals surface area (Å²) in [5.74, 6) is 1.55. The maximum Gasteiger partial charge on any atom is 0.254 e. The third-order valence-corrected chi connectivity index (χ3v) is 5.05. The topological polar surface area (TPSA) is 57.7 Å². The molecule has 1 aliphatic heterocycles. The van der Waals surface area contributed by atoms with E-state index in [2.05, 4.69) is 21.3 Å². The number of nitrogens with one attached hydrogen (secondary N) is 1. The van der Waals surface area contributed by atoms with E-state index in [1.165, 1.54) is 0 Å². The number of carbonyl (C=O) groups excluding carboxylic acids is 1. The largest absolute Gasteiger partial charge is 0.495 e. The van der Waals surface area contributed by atoms with Crippen LogP contribution in [0.2, 0.25) is 0 Å². The number of benzene rings is 2. The van der Waals surface area contributed by atoms with Crippen LogP contribution >= 0.6 is 0 Å². The number of ether oxygens (including phenoxy) is 1. The zero-order valence-electron chi connectivity index (χ0n) is 16.4. The monoisotopic (exact) mass is 388 g/mol. The van der Waals surface area contributed by atoms with Crippen molar-refractivity contribution in [3.05, 3.63) is 78.5 Å². The Morgan fingerprint density at radius 2 is 1.69 bits per heavy atom. The molecule has 2 heterocycles. The lowest BCUT2D eigenvalue weighted by Crippen LogP contribution is -2.48. The molecule has 6 nitrogen and oxygen atoms in total. The summed E-state index contributed by atoms with van der Waals surface area (Å²) in [6.07, 6.45) is 1.67. The van der Waals surface area contributed by atoms with Crippen molar-refractivity contribution in [3.63, 3.8) is 0 Å². The summed E-state index contributed by atoms with van der Waals surface area (Å²) in [5.41, 5.74) is 2.65. The number of aromatic nitrogens is 1. The van der Waals surface area contributed by atoms with Crippen molar-refractivity contribution in [3.8, 4) is 5.75 Å². The van der Waals surface area contributed by atoms with Crippen LogP contribution in [0.25, 0.3) is 0 Å². The van der Waals surface area contributed by atoms with E-state index in [9.17, 15) is 4.79 Å². The summed E-state index contributed by atoms with van der Waals surface area (Å²) in [7, 11) is 1.68. The molecule has 1 N–H and O–H groups in total. The number of amides is 1. The first-order valence-corrected chi connectivity index (χ1v) is 9.70. The van der Waals surface area contributed by atoms with Crippen LogP contribution in [0.4, 0.5) is 17.2 Å². The first kappa shape index (κ1) is 18.8. The Kier molecular flexibility index (Phi) is 5.61. The van der Waals surface area contributed by atoms with Crippen LogP contribution in [0, 0.1) is 0 Å². The van der Waals surface area contributed by atoms with Crippen LogP contribution in [0.15, 0.2) is 72.9 Å². The van der Waals surface area contributed by atoms with Gasteiger partial charge in [-0.25, -0.2) is 4.98 Å². The molecule has 0 bridgehead atoms. The molecule has 2 aromatic carbocycles. The highest BCUT2D eigenvalue weighted by Gasteiger charge is 2.24. The van der Waals surface area contributed by atoms with Gasteiger partial charge in [0.1, 0.15) is 11.6 Å². The van der Waals surface area contributed by atoms with E-state index in [4.69, 9.17) is 4.74 Å². The van der Waals surface area contributed by atoms with Crippen LogP contribution in [-0.2, 0) is 0 Å². The van der Waals surface area contributed by atoms with E-state index in [0.717, 1.165) is 30.2 Å². The minimum Gasteiger partial charge on any atom is -0.495 e.